The molecule has 4 atom stereocenters. The van der Waals surface area contributed by atoms with Crippen LogP contribution in [-0.2, 0) is 11.8 Å². The summed E-state index contributed by atoms with van der Waals surface area (Å²) in [6.07, 6.45) is 6.05. The summed E-state index contributed by atoms with van der Waals surface area (Å²) in [5.74, 6) is 1.81. The monoisotopic (exact) mass is 246 g/mol. The molecule has 0 spiro atoms. The van der Waals surface area contributed by atoms with Gasteiger partial charge in [0.2, 0.25) is 0 Å². The number of fused-ring (bicyclic) bond motifs is 3. The van der Waals surface area contributed by atoms with Crippen LogP contribution in [-0.4, -0.2) is 21.2 Å². The second-order valence-corrected chi connectivity index (χ2v) is 6.32. The van der Waals surface area contributed by atoms with Crippen LogP contribution >= 0.6 is 0 Å². The van der Waals surface area contributed by atoms with E-state index in [9.17, 15) is 5.11 Å². The molecule has 3 nitrogen and oxygen atoms in total. The Bertz CT molecular complexity index is 474. The number of rotatable bonds is 0. The van der Waals surface area contributed by atoms with E-state index in [1.54, 1.807) is 0 Å². The summed E-state index contributed by atoms with van der Waals surface area (Å²) >= 11 is 0. The topological polar surface area (TPSA) is 46.0 Å². The Morgan fingerprint density at radius 3 is 2.94 bits per heavy atom. The predicted molar refractivity (Wildman–Crippen MR) is 70.3 cm³/mol. The maximum atomic E-state index is 10.1. The van der Waals surface area contributed by atoms with E-state index in [1.807, 2.05) is 13.1 Å². The Balaban J connectivity index is 2.08. The van der Waals surface area contributed by atoms with E-state index in [-0.39, 0.29) is 11.5 Å². The van der Waals surface area contributed by atoms with Gasteiger partial charge in [-0.25, -0.2) is 9.97 Å². The van der Waals surface area contributed by atoms with Crippen molar-refractivity contribution < 1.29 is 5.11 Å². The molecule has 3 heteroatoms. The van der Waals surface area contributed by atoms with E-state index in [0.717, 1.165) is 31.5 Å². The van der Waals surface area contributed by atoms with Crippen LogP contribution in [0.3, 0.4) is 0 Å². The molecule has 2 aliphatic rings. The smallest absolute Gasteiger partial charge is 0.125 e. The molecule has 1 fully saturated rings. The van der Waals surface area contributed by atoms with E-state index >= 15 is 0 Å². The molecule has 18 heavy (non-hydrogen) atoms. The molecule has 1 heterocycles. The Kier molecular flexibility index (Phi) is 2.70. The minimum absolute atomic E-state index is 0.132. The third kappa shape index (κ3) is 1.60. The zero-order valence-corrected chi connectivity index (χ0v) is 11.5. The van der Waals surface area contributed by atoms with Gasteiger partial charge in [-0.2, -0.15) is 0 Å². The van der Waals surface area contributed by atoms with Crippen LogP contribution in [0.2, 0.25) is 0 Å². The Morgan fingerprint density at radius 1 is 1.39 bits per heavy atom. The molecule has 0 saturated heterocycles. The van der Waals surface area contributed by atoms with E-state index in [2.05, 4.69) is 18.8 Å². The van der Waals surface area contributed by atoms with Gasteiger partial charge in [-0.05, 0) is 50.0 Å². The molecule has 0 bridgehead atoms. The van der Waals surface area contributed by atoms with Gasteiger partial charge < -0.3 is 5.11 Å². The lowest BCUT2D eigenvalue weighted by atomic mass is 9.56. The summed E-state index contributed by atoms with van der Waals surface area (Å²) < 4.78 is 0. The minimum atomic E-state index is -0.132. The largest absolute Gasteiger partial charge is 0.393 e. The second-order valence-electron chi connectivity index (χ2n) is 6.32. The molecule has 98 valence electrons. The lowest BCUT2D eigenvalue weighted by Gasteiger charge is -2.50. The highest BCUT2D eigenvalue weighted by atomic mass is 16.3. The number of aryl methyl sites for hydroxylation is 2. The van der Waals surface area contributed by atoms with E-state index in [0.29, 0.717) is 11.8 Å². The molecule has 0 aromatic carbocycles. The maximum Gasteiger partial charge on any atom is 0.125 e. The quantitative estimate of drug-likeness (QED) is 0.764. The molecule has 0 aliphatic heterocycles. The summed E-state index contributed by atoms with van der Waals surface area (Å²) in [5, 5.41) is 10.1. The van der Waals surface area contributed by atoms with Crippen molar-refractivity contribution in [2.24, 2.45) is 11.8 Å². The Hall–Kier alpha value is -0.960. The van der Waals surface area contributed by atoms with Crippen molar-refractivity contribution in [3.05, 3.63) is 23.3 Å². The van der Waals surface area contributed by atoms with Crippen LogP contribution < -0.4 is 0 Å². The number of hydrogen-bond acceptors (Lipinski definition) is 3. The number of aromatic nitrogens is 2. The molecule has 1 aromatic heterocycles. The molecule has 1 aromatic rings. The van der Waals surface area contributed by atoms with Gasteiger partial charge >= 0.3 is 0 Å². The average Bonchev–Trinajstić information content (AvgIpc) is 2.35. The van der Waals surface area contributed by atoms with Gasteiger partial charge in [0.05, 0.1) is 11.8 Å². The van der Waals surface area contributed by atoms with Gasteiger partial charge in [0, 0.05) is 11.6 Å². The van der Waals surface area contributed by atoms with Gasteiger partial charge in [-0.15, -0.1) is 0 Å². The predicted octanol–water partition coefficient (Wildman–Crippen LogP) is 2.40. The zero-order valence-electron chi connectivity index (χ0n) is 11.5. The van der Waals surface area contributed by atoms with Gasteiger partial charge in [-0.1, -0.05) is 13.8 Å². The fourth-order valence-electron chi connectivity index (χ4n) is 4.10. The van der Waals surface area contributed by atoms with Crippen molar-refractivity contribution in [2.45, 2.75) is 58.0 Å². The van der Waals surface area contributed by atoms with E-state index in [1.165, 1.54) is 11.3 Å². The van der Waals surface area contributed by atoms with Gasteiger partial charge in [0.1, 0.15) is 5.82 Å². The highest BCUT2D eigenvalue weighted by Crippen LogP contribution is 2.51. The van der Waals surface area contributed by atoms with Crippen molar-refractivity contribution in [2.75, 3.05) is 0 Å². The second kappa shape index (κ2) is 4.02. The van der Waals surface area contributed by atoms with Crippen LogP contribution in [0.4, 0.5) is 0 Å². The first-order chi connectivity index (χ1) is 8.52. The fraction of sp³-hybridized carbons (Fsp3) is 0.733. The summed E-state index contributed by atoms with van der Waals surface area (Å²) in [5.41, 5.74) is 2.72. The highest BCUT2D eigenvalue weighted by molar-refractivity contribution is 5.31. The zero-order chi connectivity index (χ0) is 12.9. The molecular formula is C15H22N2O. The molecule has 3 rings (SSSR count). The Labute approximate surface area is 109 Å². The lowest BCUT2D eigenvalue weighted by Crippen LogP contribution is -2.48. The van der Waals surface area contributed by atoms with Crippen LogP contribution in [0, 0.1) is 18.8 Å². The highest BCUT2D eigenvalue weighted by Gasteiger charge is 2.48. The number of aliphatic hydroxyl groups excluding tert-OH is 1. The third-order valence-electron chi connectivity index (χ3n) is 5.27. The first-order valence-corrected chi connectivity index (χ1v) is 7.03. The lowest BCUT2D eigenvalue weighted by molar-refractivity contribution is -0.00887. The summed E-state index contributed by atoms with van der Waals surface area (Å²) in [6.45, 7) is 6.50. The standard InChI is InChI=1S/C15H22N2O/c1-9-12-5-4-11-8-16-10(2)17-14(11)15(12,3)7-6-13(9)18/h8-9,12-13,18H,4-7H2,1-3H3/t9-,12-,13?,15-/m0/s1. The van der Waals surface area contributed by atoms with Gasteiger partial charge in [-0.3, -0.25) is 0 Å². The van der Waals surface area contributed by atoms with Crippen molar-refractivity contribution in [3.8, 4) is 0 Å². The summed E-state index contributed by atoms with van der Waals surface area (Å²) in [6, 6.07) is 0. The van der Waals surface area contributed by atoms with Crippen LogP contribution in [0.5, 0.6) is 0 Å². The summed E-state index contributed by atoms with van der Waals surface area (Å²) in [7, 11) is 0. The minimum Gasteiger partial charge on any atom is -0.393 e. The van der Waals surface area contributed by atoms with E-state index in [4.69, 9.17) is 4.98 Å². The molecule has 2 aliphatic carbocycles. The SMILES string of the molecule is Cc1ncc2c(n1)[C@@]1(C)CCC(O)[C@@H](C)[C@@H]1CC2. The van der Waals surface area contributed by atoms with Crippen molar-refractivity contribution in [1.82, 2.24) is 9.97 Å². The number of aliphatic hydroxyl groups is 1. The molecule has 0 amide bonds. The first kappa shape index (κ1) is 12.1. The molecule has 1 unspecified atom stereocenters. The van der Waals surface area contributed by atoms with Gasteiger partial charge in [0.15, 0.2) is 0 Å². The number of hydrogen-bond donors (Lipinski definition) is 1. The van der Waals surface area contributed by atoms with Crippen LogP contribution in [0.15, 0.2) is 6.20 Å². The van der Waals surface area contributed by atoms with Crippen molar-refractivity contribution in [1.29, 1.82) is 0 Å². The molecule has 1 N–H and O–H groups in total. The van der Waals surface area contributed by atoms with Crippen LogP contribution in [0.1, 0.15) is 50.2 Å². The normalized spacial score (nSPS) is 39.0. The third-order valence-corrected chi connectivity index (χ3v) is 5.27. The van der Waals surface area contributed by atoms with Crippen molar-refractivity contribution in [3.63, 3.8) is 0 Å². The summed E-state index contributed by atoms with van der Waals surface area (Å²) in [4.78, 5) is 9.07. The molecular weight excluding hydrogens is 224 g/mol. The number of nitrogens with zero attached hydrogens (tertiary/aromatic N) is 2. The Morgan fingerprint density at radius 2 is 2.17 bits per heavy atom. The van der Waals surface area contributed by atoms with Crippen LogP contribution in [0.25, 0.3) is 0 Å². The van der Waals surface area contributed by atoms with Crippen molar-refractivity contribution >= 4 is 0 Å². The molecule has 1 saturated carbocycles. The fourth-order valence-corrected chi connectivity index (χ4v) is 4.10. The average molecular weight is 246 g/mol. The van der Waals surface area contributed by atoms with E-state index < -0.39 is 0 Å². The first-order valence-electron chi connectivity index (χ1n) is 7.03. The van der Waals surface area contributed by atoms with Gasteiger partial charge in [0.25, 0.3) is 0 Å². The maximum absolute atomic E-state index is 10.1. The molecule has 0 radical (unpaired) electrons.